The van der Waals surface area contributed by atoms with Crippen molar-refractivity contribution in [2.24, 2.45) is 0 Å². The zero-order valence-electron chi connectivity index (χ0n) is 11.6. The first-order valence-corrected chi connectivity index (χ1v) is 7.21. The van der Waals surface area contributed by atoms with Crippen molar-refractivity contribution in [1.29, 1.82) is 0 Å². The van der Waals surface area contributed by atoms with Crippen LogP contribution in [0.1, 0.15) is 49.8 Å². The quantitative estimate of drug-likeness (QED) is 0.831. The van der Waals surface area contributed by atoms with Gasteiger partial charge in [0.2, 0.25) is 0 Å². The van der Waals surface area contributed by atoms with Crippen LogP contribution in [-0.2, 0) is 11.2 Å². The van der Waals surface area contributed by atoms with Gasteiger partial charge in [0, 0.05) is 0 Å². The number of hydrogen-bond donors (Lipinski definition) is 1. The van der Waals surface area contributed by atoms with Crippen LogP contribution in [0.5, 0.6) is 0 Å². The van der Waals surface area contributed by atoms with Gasteiger partial charge in [-0.15, -0.1) is 0 Å². The lowest BCUT2D eigenvalue weighted by atomic mass is 10.0. The second kappa shape index (κ2) is 6.91. The van der Waals surface area contributed by atoms with Gasteiger partial charge in [0.25, 0.3) is 0 Å². The number of likely N-dealkylation sites (N-methyl/N-ethyl adjacent to an activating group) is 1. The van der Waals surface area contributed by atoms with Gasteiger partial charge in [-0.1, -0.05) is 44.0 Å². The maximum atomic E-state index is 6.00. The second-order valence-electron chi connectivity index (χ2n) is 5.18. The molecule has 1 atom stereocenters. The Labute approximate surface area is 111 Å². The molecule has 1 aliphatic carbocycles. The standard InChI is InChI=1S/C16H25NO/c1-3-13-8-10-14(11-9-13)16(17-2)12-18-15-6-4-5-7-15/h8-11,15-17H,3-7,12H2,1-2H3. The lowest BCUT2D eigenvalue weighted by Gasteiger charge is -2.20. The number of aryl methyl sites for hydroxylation is 1. The summed E-state index contributed by atoms with van der Waals surface area (Å²) >= 11 is 0. The van der Waals surface area contributed by atoms with Gasteiger partial charge in [0.15, 0.2) is 0 Å². The minimum atomic E-state index is 0.316. The average Bonchev–Trinajstić information content (AvgIpc) is 2.93. The summed E-state index contributed by atoms with van der Waals surface area (Å²) in [5.74, 6) is 0. The van der Waals surface area contributed by atoms with E-state index in [2.05, 4.69) is 36.5 Å². The normalized spacial score (nSPS) is 18.1. The maximum Gasteiger partial charge on any atom is 0.0665 e. The summed E-state index contributed by atoms with van der Waals surface area (Å²) < 4.78 is 6.00. The van der Waals surface area contributed by atoms with E-state index < -0.39 is 0 Å². The van der Waals surface area contributed by atoms with Crippen molar-refractivity contribution in [3.8, 4) is 0 Å². The largest absolute Gasteiger partial charge is 0.376 e. The highest BCUT2D eigenvalue weighted by atomic mass is 16.5. The second-order valence-corrected chi connectivity index (χ2v) is 5.18. The summed E-state index contributed by atoms with van der Waals surface area (Å²) in [4.78, 5) is 0. The molecule has 100 valence electrons. The van der Waals surface area contributed by atoms with Gasteiger partial charge in [-0.05, 0) is 37.4 Å². The Balaban J connectivity index is 1.89. The van der Waals surface area contributed by atoms with Crippen LogP contribution in [0.4, 0.5) is 0 Å². The summed E-state index contributed by atoms with van der Waals surface area (Å²) in [5.41, 5.74) is 2.72. The zero-order chi connectivity index (χ0) is 12.8. The van der Waals surface area contributed by atoms with E-state index in [9.17, 15) is 0 Å². The van der Waals surface area contributed by atoms with Gasteiger partial charge in [0.1, 0.15) is 0 Å². The van der Waals surface area contributed by atoms with E-state index in [0.717, 1.165) is 13.0 Å². The van der Waals surface area contributed by atoms with Gasteiger partial charge in [-0.2, -0.15) is 0 Å². The molecule has 1 fully saturated rings. The lowest BCUT2D eigenvalue weighted by Crippen LogP contribution is -2.24. The molecule has 0 bridgehead atoms. The lowest BCUT2D eigenvalue weighted by molar-refractivity contribution is 0.0439. The molecule has 2 heteroatoms. The first kappa shape index (κ1) is 13.6. The molecule has 1 N–H and O–H groups in total. The molecule has 0 saturated heterocycles. The molecular formula is C16H25NO. The van der Waals surface area contributed by atoms with E-state index in [1.165, 1.54) is 36.8 Å². The highest BCUT2D eigenvalue weighted by molar-refractivity contribution is 5.25. The Hall–Kier alpha value is -0.860. The van der Waals surface area contributed by atoms with Crippen LogP contribution in [0.15, 0.2) is 24.3 Å². The van der Waals surface area contributed by atoms with E-state index >= 15 is 0 Å². The van der Waals surface area contributed by atoms with E-state index in [1.54, 1.807) is 0 Å². The van der Waals surface area contributed by atoms with Crippen molar-refractivity contribution in [2.75, 3.05) is 13.7 Å². The molecule has 0 spiro atoms. The minimum Gasteiger partial charge on any atom is -0.376 e. The third-order valence-electron chi connectivity index (χ3n) is 3.94. The number of benzene rings is 1. The predicted molar refractivity (Wildman–Crippen MR) is 75.8 cm³/mol. The zero-order valence-corrected chi connectivity index (χ0v) is 11.6. The van der Waals surface area contributed by atoms with E-state index in [-0.39, 0.29) is 0 Å². The Morgan fingerprint density at radius 3 is 2.44 bits per heavy atom. The first-order chi connectivity index (χ1) is 8.83. The average molecular weight is 247 g/mol. The van der Waals surface area contributed by atoms with Gasteiger partial charge in [-0.3, -0.25) is 0 Å². The fraction of sp³-hybridized carbons (Fsp3) is 0.625. The van der Waals surface area contributed by atoms with Gasteiger partial charge in [-0.25, -0.2) is 0 Å². The molecule has 1 aromatic rings. The molecule has 0 aromatic heterocycles. The molecule has 18 heavy (non-hydrogen) atoms. The van der Waals surface area contributed by atoms with Gasteiger partial charge < -0.3 is 10.1 Å². The van der Waals surface area contributed by atoms with Crippen LogP contribution in [-0.4, -0.2) is 19.8 Å². The minimum absolute atomic E-state index is 0.316. The molecule has 0 radical (unpaired) electrons. The smallest absolute Gasteiger partial charge is 0.0665 e. The summed E-state index contributed by atoms with van der Waals surface area (Å²) in [5, 5.41) is 3.35. The third-order valence-corrected chi connectivity index (χ3v) is 3.94. The number of rotatable bonds is 6. The van der Waals surface area contributed by atoms with Crippen LogP contribution in [0, 0.1) is 0 Å². The number of hydrogen-bond acceptors (Lipinski definition) is 2. The Morgan fingerprint density at radius 2 is 1.89 bits per heavy atom. The van der Waals surface area contributed by atoms with Gasteiger partial charge >= 0.3 is 0 Å². The first-order valence-electron chi connectivity index (χ1n) is 7.21. The number of ether oxygens (including phenoxy) is 1. The van der Waals surface area contributed by atoms with Crippen LogP contribution in [0.3, 0.4) is 0 Å². The summed E-state index contributed by atoms with van der Waals surface area (Å²) in [6.07, 6.45) is 6.75. The summed E-state index contributed by atoms with van der Waals surface area (Å²) in [6.45, 7) is 2.97. The molecule has 1 saturated carbocycles. The van der Waals surface area contributed by atoms with Crippen molar-refractivity contribution in [3.63, 3.8) is 0 Å². The molecule has 2 rings (SSSR count). The van der Waals surface area contributed by atoms with Crippen molar-refractivity contribution >= 4 is 0 Å². The highest BCUT2D eigenvalue weighted by Crippen LogP contribution is 2.23. The molecule has 0 heterocycles. The molecule has 1 aliphatic rings. The number of nitrogens with one attached hydrogen (secondary N) is 1. The maximum absolute atomic E-state index is 6.00. The summed E-state index contributed by atoms with van der Waals surface area (Å²) in [6, 6.07) is 9.19. The molecule has 0 amide bonds. The monoisotopic (exact) mass is 247 g/mol. The Bertz CT molecular complexity index is 341. The highest BCUT2D eigenvalue weighted by Gasteiger charge is 2.17. The summed E-state index contributed by atoms with van der Waals surface area (Å²) in [7, 11) is 2.01. The topological polar surface area (TPSA) is 21.3 Å². The third kappa shape index (κ3) is 3.56. The van der Waals surface area contributed by atoms with Crippen LogP contribution in [0.2, 0.25) is 0 Å². The fourth-order valence-electron chi connectivity index (χ4n) is 2.62. The predicted octanol–water partition coefficient (Wildman–Crippen LogP) is 3.47. The van der Waals surface area contributed by atoms with Gasteiger partial charge in [0.05, 0.1) is 18.8 Å². The molecule has 0 aliphatic heterocycles. The van der Waals surface area contributed by atoms with Crippen molar-refractivity contribution in [2.45, 2.75) is 51.2 Å². The molecular weight excluding hydrogens is 222 g/mol. The van der Waals surface area contributed by atoms with Crippen molar-refractivity contribution in [3.05, 3.63) is 35.4 Å². The SMILES string of the molecule is CCc1ccc(C(COC2CCCC2)NC)cc1. The van der Waals surface area contributed by atoms with Crippen LogP contribution in [0.25, 0.3) is 0 Å². The van der Waals surface area contributed by atoms with Crippen LogP contribution >= 0.6 is 0 Å². The van der Waals surface area contributed by atoms with Crippen LogP contribution < -0.4 is 5.32 Å². The fourth-order valence-corrected chi connectivity index (χ4v) is 2.62. The molecule has 1 unspecified atom stereocenters. The van der Waals surface area contributed by atoms with Crippen molar-refractivity contribution < 1.29 is 4.74 Å². The van der Waals surface area contributed by atoms with E-state index in [0.29, 0.717) is 12.1 Å². The van der Waals surface area contributed by atoms with E-state index in [4.69, 9.17) is 4.74 Å². The molecule has 2 nitrogen and oxygen atoms in total. The molecule has 1 aromatic carbocycles. The Morgan fingerprint density at radius 1 is 1.22 bits per heavy atom. The van der Waals surface area contributed by atoms with E-state index in [1.807, 2.05) is 7.05 Å². The van der Waals surface area contributed by atoms with Crippen molar-refractivity contribution in [1.82, 2.24) is 5.32 Å². The Kier molecular flexibility index (Phi) is 5.21.